The lowest BCUT2D eigenvalue weighted by Crippen LogP contribution is -2.58. The van der Waals surface area contributed by atoms with Crippen LogP contribution in [0.5, 0.6) is 0 Å². The van der Waals surface area contributed by atoms with Crippen molar-refractivity contribution in [2.45, 2.75) is 37.3 Å². The molecule has 2 aromatic rings. The van der Waals surface area contributed by atoms with E-state index in [1.54, 1.807) is 28.9 Å². The fourth-order valence-electron chi connectivity index (χ4n) is 3.52. The first-order valence-corrected chi connectivity index (χ1v) is 9.69. The van der Waals surface area contributed by atoms with E-state index in [0.29, 0.717) is 35.7 Å². The van der Waals surface area contributed by atoms with Crippen LogP contribution in [0.15, 0.2) is 46.5 Å². The number of aromatic nitrogens is 2. The number of thioether (sulfide) groups is 1. The van der Waals surface area contributed by atoms with Crippen LogP contribution in [0.3, 0.4) is 0 Å². The third-order valence-corrected chi connectivity index (χ3v) is 6.00. The van der Waals surface area contributed by atoms with Crippen molar-refractivity contribution < 1.29 is 18.8 Å². The van der Waals surface area contributed by atoms with Crippen LogP contribution in [0.25, 0.3) is 11.2 Å². The predicted octanol–water partition coefficient (Wildman–Crippen LogP) is 2.36. The van der Waals surface area contributed by atoms with Gasteiger partial charge >= 0.3 is 5.03 Å². The highest BCUT2D eigenvalue weighted by atomic mass is 32.2. The summed E-state index contributed by atoms with van der Waals surface area (Å²) in [5, 5.41) is 30.9. The minimum absolute atomic E-state index is 0.0458. The highest BCUT2D eigenvalue weighted by Crippen LogP contribution is 2.40. The van der Waals surface area contributed by atoms with E-state index in [-0.39, 0.29) is 22.2 Å². The molecule has 0 radical (unpaired) electrons. The molecule has 1 aliphatic heterocycles. The molecule has 0 amide bonds. The van der Waals surface area contributed by atoms with Crippen molar-refractivity contribution in [1.29, 1.82) is 0 Å². The van der Waals surface area contributed by atoms with Crippen LogP contribution in [0.1, 0.15) is 24.8 Å². The second-order valence-electron chi connectivity index (χ2n) is 6.87. The maximum Gasteiger partial charge on any atom is 0.333 e. The van der Waals surface area contributed by atoms with E-state index in [0.717, 1.165) is 0 Å². The standard InChI is InChI=1S/C17H18F2N6O3S/c18-17(19)6-3-4-10(20)13(17)23-14(26)15-22-12(16(29-15)25(27)28)9-8-21-24-7-2-1-5-11(9)24/h1-2,5,7-8,10,13,22-23,26H,3-4,6,20H2/t10-,13-/m1/s1. The summed E-state index contributed by atoms with van der Waals surface area (Å²) < 4.78 is 30.0. The minimum Gasteiger partial charge on any atom is -0.493 e. The van der Waals surface area contributed by atoms with E-state index in [1.807, 2.05) is 0 Å². The predicted molar refractivity (Wildman–Crippen MR) is 103 cm³/mol. The first-order chi connectivity index (χ1) is 13.8. The van der Waals surface area contributed by atoms with E-state index in [2.05, 4.69) is 15.7 Å². The average Bonchev–Trinajstić information content (AvgIpc) is 3.28. The van der Waals surface area contributed by atoms with Gasteiger partial charge < -0.3 is 21.5 Å². The number of pyridine rings is 1. The van der Waals surface area contributed by atoms with Crippen LogP contribution >= 0.6 is 11.8 Å². The largest absolute Gasteiger partial charge is 0.493 e. The Morgan fingerprint density at radius 2 is 2.31 bits per heavy atom. The van der Waals surface area contributed by atoms with Gasteiger partial charge in [0.2, 0.25) is 5.88 Å². The maximum absolute atomic E-state index is 14.2. The molecule has 0 saturated heterocycles. The van der Waals surface area contributed by atoms with Gasteiger partial charge in [-0.1, -0.05) is 6.07 Å². The zero-order valence-electron chi connectivity index (χ0n) is 15.0. The van der Waals surface area contributed by atoms with Crippen LogP contribution in [0.2, 0.25) is 0 Å². The fraction of sp³-hybridized carbons (Fsp3) is 0.353. The Bertz CT molecular complexity index is 1040. The molecule has 12 heteroatoms. The van der Waals surface area contributed by atoms with Crippen molar-refractivity contribution in [2.24, 2.45) is 5.73 Å². The highest BCUT2D eigenvalue weighted by Gasteiger charge is 2.46. The molecular weight excluding hydrogens is 406 g/mol. The molecule has 0 spiro atoms. The Hall–Kier alpha value is -2.86. The van der Waals surface area contributed by atoms with Gasteiger partial charge in [0.1, 0.15) is 16.8 Å². The number of hydrogen-bond acceptors (Lipinski definition) is 8. The molecule has 1 saturated carbocycles. The zero-order chi connectivity index (χ0) is 20.8. The molecule has 0 bridgehead atoms. The normalized spacial score (nSPS) is 25.8. The average molecular weight is 424 g/mol. The Morgan fingerprint density at radius 3 is 3.03 bits per heavy atom. The maximum atomic E-state index is 14.2. The lowest BCUT2D eigenvalue weighted by Gasteiger charge is -2.36. The van der Waals surface area contributed by atoms with Crippen molar-refractivity contribution in [2.75, 3.05) is 0 Å². The van der Waals surface area contributed by atoms with Crippen LogP contribution in [-0.2, 0) is 0 Å². The number of halogens is 2. The molecule has 0 unspecified atom stereocenters. The number of rotatable bonds is 4. The van der Waals surface area contributed by atoms with Crippen molar-refractivity contribution >= 4 is 23.0 Å². The van der Waals surface area contributed by atoms with Gasteiger partial charge in [-0.25, -0.2) is 13.3 Å². The van der Waals surface area contributed by atoms with E-state index >= 15 is 0 Å². The molecule has 29 heavy (non-hydrogen) atoms. The summed E-state index contributed by atoms with van der Waals surface area (Å²) in [5.41, 5.74) is 7.01. The first kappa shape index (κ1) is 19.5. The fourth-order valence-corrected chi connectivity index (χ4v) is 4.36. The number of hydrogen-bond donors (Lipinski definition) is 4. The Morgan fingerprint density at radius 1 is 1.52 bits per heavy atom. The number of fused-ring (bicyclic) bond motifs is 1. The molecule has 1 aliphatic carbocycles. The van der Waals surface area contributed by atoms with Crippen LogP contribution in [0.4, 0.5) is 8.78 Å². The summed E-state index contributed by atoms with van der Waals surface area (Å²) in [6, 6.07) is 2.94. The van der Waals surface area contributed by atoms with Gasteiger partial charge in [-0.3, -0.25) is 10.1 Å². The molecule has 0 aromatic carbocycles. The van der Waals surface area contributed by atoms with Gasteiger partial charge in [-0.2, -0.15) is 5.10 Å². The Kier molecular flexibility index (Phi) is 4.82. The van der Waals surface area contributed by atoms with Gasteiger partial charge in [-0.05, 0) is 25.0 Å². The molecule has 4 rings (SSSR count). The van der Waals surface area contributed by atoms with Crippen LogP contribution < -0.4 is 16.4 Å². The Balaban J connectivity index is 1.65. The molecule has 3 heterocycles. The summed E-state index contributed by atoms with van der Waals surface area (Å²) in [5.74, 6) is -3.71. The second kappa shape index (κ2) is 7.19. The summed E-state index contributed by atoms with van der Waals surface area (Å²) in [4.78, 5) is 11.0. The minimum atomic E-state index is -3.10. The summed E-state index contributed by atoms with van der Waals surface area (Å²) in [7, 11) is 0. The van der Waals surface area contributed by atoms with Gasteiger partial charge in [0.25, 0.3) is 5.92 Å². The van der Waals surface area contributed by atoms with Crippen LogP contribution in [-0.4, -0.2) is 37.7 Å². The molecule has 2 aromatic heterocycles. The number of aliphatic hydroxyl groups excluding tert-OH is 1. The highest BCUT2D eigenvalue weighted by molar-refractivity contribution is 8.06. The van der Waals surface area contributed by atoms with E-state index in [1.165, 1.54) is 6.20 Å². The monoisotopic (exact) mass is 424 g/mol. The van der Waals surface area contributed by atoms with Gasteiger partial charge in [0, 0.05) is 30.4 Å². The quantitative estimate of drug-likeness (QED) is 0.334. The smallest absolute Gasteiger partial charge is 0.333 e. The van der Waals surface area contributed by atoms with Crippen LogP contribution in [0, 0.1) is 10.1 Å². The molecule has 1 fully saturated rings. The number of aliphatic hydroxyl groups is 1. The van der Waals surface area contributed by atoms with Crippen molar-refractivity contribution in [3.63, 3.8) is 0 Å². The van der Waals surface area contributed by atoms with E-state index < -0.39 is 28.8 Å². The lowest BCUT2D eigenvalue weighted by atomic mass is 9.87. The number of alkyl halides is 2. The molecule has 2 aliphatic rings. The van der Waals surface area contributed by atoms with E-state index in [4.69, 9.17) is 5.73 Å². The van der Waals surface area contributed by atoms with Crippen molar-refractivity contribution in [1.82, 2.24) is 20.2 Å². The topological polar surface area (TPSA) is 131 Å². The summed E-state index contributed by atoms with van der Waals surface area (Å²) in [6.45, 7) is 0. The van der Waals surface area contributed by atoms with Gasteiger partial charge in [0.15, 0.2) is 0 Å². The summed E-state index contributed by atoms with van der Waals surface area (Å²) >= 11 is 0.646. The van der Waals surface area contributed by atoms with Crippen molar-refractivity contribution in [3.05, 3.63) is 62.2 Å². The third kappa shape index (κ3) is 3.49. The number of nitro groups is 1. The second-order valence-corrected chi connectivity index (χ2v) is 7.87. The Labute approximate surface area is 167 Å². The molecule has 5 N–H and O–H groups in total. The SMILES string of the molecule is N[C@@H]1CCCC(F)(F)[C@@H]1NC(O)=C1NC(c2cnn3ccccc23)=C([N+](=O)[O-])S1. The zero-order valence-corrected chi connectivity index (χ0v) is 15.8. The molecule has 154 valence electrons. The molecule has 2 atom stereocenters. The van der Waals surface area contributed by atoms with E-state index in [9.17, 15) is 24.0 Å². The first-order valence-electron chi connectivity index (χ1n) is 8.87. The third-order valence-electron chi connectivity index (χ3n) is 4.95. The van der Waals surface area contributed by atoms with Gasteiger partial charge in [0.05, 0.1) is 22.2 Å². The van der Waals surface area contributed by atoms with Gasteiger partial charge in [-0.15, -0.1) is 0 Å². The number of nitrogens with two attached hydrogens (primary N) is 1. The number of nitrogens with zero attached hydrogens (tertiary/aromatic N) is 3. The summed E-state index contributed by atoms with van der Waals surface area (Å²) in [6.07, 6.45) is 3.49. The molecular formula is C17H18F2N6O3S. The molecule has 9 nitrogen and oxygen atoms in total. The lowest BCUT2D eigenvalue weighted by molar-refractivity contribution is -0.409. The van der Waals surface area contributed by atoms with Crippen molar-refractivity contribution in [3.8, 4) is 0 Å². The number of nitrogens with one attached hydrogen (secondary N) is 2.